The van der Waals surface area contributed by atoms with Gasteiger partial charge in [-0.2, -0.15) is 0 Å². The summed E-state index contributed by atoms with van der Waals surface area (Å²) in [6.07, 6.45) is 0.925. The molecule has 0 spiro atoms. The smallest absolute Gasteiger partial charge is 0.313 e. The normalized spacial score (nSPS) is 24.9. The Morgan fingerprint density at radius 2 is 2.04 bits per heavy atom. The fraction of sp³-hybridized carbons (Fsp3) is 0.476. The van der Waals surface area contributed by atoms with Gasteiger partial charge in [0.2, 0.25) is 11.8 Å². The van der Waals surface area contributed by atoms with E-state index in [1.54, 1.807) is 11.8 Å². The molecule has 1 aromatic carbocycles. The third-order valence-corrected chi connectivity index (χ3v) is 6.12. The summed E-state index contributed by atoms with van der Waals surface area (Å²) in [5.41, 5.74) is 0.612. The molecule has 3 heterocycles. The highest BCUT2D eigenvalue weighted by Gasteiger charge is 2.55. The van der Waals surface area contributed by atoms with E-state index in [0.29, 0.717) is 30.4 Å². The Balaban J connectivity index is 1.51. The Bertz CT molecular complexity index is 894. The van der Waals surface area contributed by atoms with Crippen molar-refractivity contribution < 1.29 is 19.1 Å². The fourth-order valence-corrected chi connectivity index (χ4v) is 4.51. The van der Waals surface area contributed by atoms with Crippen LogP contribution in [0.25, 0.3) is 11.5 Å². The Hall–Kier alpha value is -2.67. The van der Waals surface area contributed by atoms with Gasteiger partial charge in [-0.25, -0.2) is 4.98 Å². The van der Waals surface area contributed by atoms with Gasteiger partial charge in [0, 0.05) is 25.2 Å². The number of rotatable bonds is 4. The molecule has 0 aliphatic carbocycles. The second-order valence-electron chi connectivity index (χ2n) is 8.02. The first kappa shape index (κ1) is 18.7. The summed E-state index contributed by atoms with van der Waals surface area (Å²) in [6, 6.07) is 9.57. The standard InChI is InChI=1S/C21H25N3O4/c1-14-17(22-19(28-14)15-6-4-3-5-7-15)10-18(25)24-11-16-8-9-23(2)12-21(16,13-24)20(26)27/h3-7,16H,8-13H2,1-2H3,(H,26,27). The maximum atomic E-state index is 12.9. The van der Waals surface area contributed by atoms with E-state index in [4.69, 9.17) is 4.42 Å². The number of fused-ring (bicyclic) bond motifs is 1. The van der Waals surface area contributed by atoms with Crippen molar-refractivity contribution in [3.63, 3.8) is 0 Å². The Morgan fingerprint density at radius 1 is 1.29 bits per heavy atom. The number of aliphatic carboxylic acids is 1. The monoisotopic (exact) mass is 383 g/mol. The van der Waals surface area contributed by atoms with E-state index < -0.39 is 11.4 Å². The predicted octanol–water partition coefficient (Wildman–Crippen LogP) is 2.06. The zero-order chi connectivity index (χ0) is 19.9. The maximum Gasteiger partial charge on any atom is 0.313 e. The minimum absolute atomic E-state index is 0.00318. The number of aryl methyl sites for hydroxylation is 1. The second-order valence-corrected chi connectivity index (χ2v) is 8.02. The van der Waals surface area contributed by atoms with E-state index in [2.05, 4.69) is 4.98 Å². The van der Waals surface area contributed by atoms with Crippen molar-refractivity contribution >= 4 is 11.9 Å². The third-order valence-electron chi connectivity index (χ3n) is 6.12. The number of likely N-dealkylation sites (tertiary alicyclic amines) is 2. The van der Waals surface area contributed by atoms with Gasteiger partial charge in [-0.1, -0.05) is 18.2 Å². The highest BCUT2D eigenvalue weighted by atomic mass is 16.4. The molecule has 2 fully saturated rings. The van der Waals surface area contributed by atoms with E-state index in [0.717, 1.165) is 18.5 Å². The number of hydrogen-bond donors (Lipinski definition) is 1. The summed E-state index contributed by atoms with van der Waals surface area (Å²) in [5.74, 6) is 0.233. The van der Waals surface area contributed by atoms with Crippen molar-refractivity contribution in [2.75, 3.05) is 33.2 Å². The summed E-state index contributed by atoms with van der Waals surface area (Å²) in [6.45, 7) is 3.92. The number of carboxylic acids is 1. The molecule has 1 amide bonds. The van der Waals surface area contributed by atoms with Crippen molar-refractivity contribution in [3.8, 4) is 11.5 Å². The van der Waals surface area contributed by atoms with Crippen LogP contribution in [-0.2, 0) is 16.0 Å². The minimum atomic E-state index is -0.864. The summed E-state index contributed by atoms with van der Waals surface area (Å²) in [4.78, 5) is 33.3. The lowest BCUT2D eigenvalue weighted by Gasteiger charge is -2.39. The summed E-state index contributed by atoms with van der Waals surface area (Å²) >= 11 is 0. The quantitative estimate of drug-likeness (QED) is 0.870. The molecule has 28 heavy (non-hydrogen) atoms. The average Bonchev–Trinajstić information content (AvgIpc) is 3.24. The van der Waals surface area contributed by atoms with Crippen molar-refractivity contribution in [2.24, 2.45) is 11.3 Å². The van der Waals surface area contributed by atoms with Crippen LogP contribution in [-0.4, -0.2) is 65.0 Å². The van der Waals surface area contributed by atoms with E-state index >= 15 is 0 Å². The van der Waals surface area contributed by atoms with Crippen molar-refractivity contribution in [1.29, 1.82) is 0 Å². The molecular weight excluding hydrogens is 358 g/mol. The number of carboxylic acid groups (broad SMARTS) is 1. The van der Waals surface area contributed by atoms with E-state index in [9.17, 15) is 14.7 Å². The maximum absolute atomic E-state index is 12.9. The molecule has 1 aromatic heterocycles. The molecule has 2 atom stereocenters. The zero-order valence-corrected chi connectivity index (χ0v) is 16.2. The molecule has 0 bridgehead atoms. The van der Waals surface area contributed by atoms with Crippen LogP contribution in [0.5, 0.6) is 0 Å². The van der Waals surface area contributed by atoms with Gasteiger partial charge in [-0.05, 0) is 45.0 Å². The zero-order valence-electron chi connectivity index (χ0n) is 16.2. The summed E-state index contributed by atoms with van der Waals surface area (Å²) in [7, 11) is 1.94. The number of nitrogens with zero attached hydrogens (tertiary/aromatic N) is 3. The van der Waals surface area contributed by atoms with Crippen LogP contribution in [0.4, 0.5) is 0 Å². The number of aromatic nitrogens is 1. The molecule has 2 unspecified atom stereocenters. The number of carbonyl (C=O) groups excluding carboxylic acids is 1. The van der Waals surface area contributed by atoms with Crippen molar-refractivity contribution in [1.82, 2.24) is 14.8 Å². The van der Waals surface area contributed by atoms with Gasteiger partial charge in [-0.15, -0.1) is 0 Å². The molecule has 1 N–H and O–H groups in total. The SMILES string of the molecule is Cc1oc(-c2ccccc2)nc1CC(=O)N1CC2CCN(C)CC2(C(=O)O)C1. The van der Waals surface area contributed by atoms with Gasteiger partial charge >= 0.3 is 5.97 Å². The largest absolute Gasteiger partial charge is 0.481 e. The van der Waals surface area contributed by atoms with Crippen LogP contribution in [0.3, 0.4) is 0 Å². The number of oxazole rings is 1. The molecule has 2 aliphatic heterocycles. The molecule has 7 heteroatoms. The Labute approximate surface area is 164 Å². The van der Waals surface area contributed by atoms with Gasteiger partial charge < -0.3 is 19.3 Å². The van der Waals surface area contributed by atoms with Gasteiger partial charge in [0.15, 0.2) is 0 Å². The lowest BCUT2D eigenvalue weighted by Crippen LogP contribution is -2.52. The summed E-state index contributed by atoms with van der Waals surface area (Å²) in [5, 5.41) is 9.89. The van der Waals surface area contributed by atoms with Crippen molar-refractivity contribution in [2.45, 2.75) is 19.8 Å². The highest BCUT2D eigenvalue weighted by molar-refractivity contribution is 5.82. The highest BCUT2D eigenvalue weighted by Crippen LogP contribution is 2.42. The van der Waals surface area contributed by atoms with E-state index in [-0.39, 0.29) is 24.8 Å². The lowest BCUT2D eigenvalue weighted by molar-refractivity contribution is -0.154. The molecule has 2 aromatic rings. The number of carbonyl (C=O) groups is 2. The topological polar surface area (TPSA) is 86.9 Å². The second kappa shape index (κ2) is 7.05. The molecule has 2 aliphatic rings. The predicted molar refractivity (Wildman–Crippen MR) is 103 cm³/mol. The number of hydrogen-bond acceptors (Lipinski definition) is 5. The fourth-order valence-electron chi connectivity index (χ4n) is 4.51. The van der Waals surface area contributed by atoms with E-state index in [1.807, 2.05) is 42.3 Å². The number of benzene rings is 1. The van der Waals surface area contributed by atoms with Crippen LogP contribution >= 0.6 is 0 Å². The Kier molecular flexibility index (Phi) is 4.71. The molecule has 4 rings (SSSR count). The first-order valence-corrected chi connectivity index (χ1v) is 9.60. The number of piperidine rings is 1. The first-order chi connectivity index (χ1) is 13.4. The molecule has 0 saturated carbocycles. The van der Waals surface area contributed by atoms with Gasteiger partial charge in [0.1, 0.15) is 11.2 Å². The van der Waals surface area contributed by atoms with Crippen molar-refractivity contribution in [3.05, 3.63) is 41.8 Å². The molecular formula is C21H25N3O4. The van der Waals surface area contributed by atoms with E-state index in [1.165, 1.54) is 0 Å². The number of amides is 1. The molecule has 148 valence electrons. The van der Waals surface area contributed by atoms with Gasteiger partial charge in [0.05, 0.1) is 12.1 Å². The van der Waals surface area contributed by atoms with Crippen LogP contribution in [0.15, 0.2) is 34.7 Å². The lowest BCUT2D eigenvalue weighted by atomic mass is 9.73. The average molecular weight is 383 g/mol. The minimum Gasteiger partial charge on any atom is -0.481 e. The van der Waals surface area contributed by atoms with Crippen LogP contribution in [0.1, 0.15) is 17.9 Å². The molecule has 2 saturated heterocycles. The molecule has 0 radical (unpaired) electrons. The molecule has 7 nitrogen and oxygen atoms in total. The third kappa shape index (κ3) is 3.20. The Morgan fingerprint density at radius 3 is 2.75 bits per heavy atom. The van der Waals surface area contributed by atoms with Crippen LogP contribution < -0.4 is 0 Å². The van der Waals surface area contributed by atoms with Gasteiger partial charge in [-0.3, -0.25) is 9.59 Å². The van der Waals surface area contributed by atoms with Gasteiger partial charge in [0.25, 0.3) is 0 Å². The summed E-state index contributed by atoms with van der Waals surface area (Å²) < 4.78 is 5.75. The van der Waals surface area contributed by atoms with Crippen LogP contribution in [0, 0.1) is 18.3 Å². The van der Waals surface area contributed by atoms with Crippen LogP contribution in [0.2, 0.25) is 0 Å². The first-order valence-electron chi connectivity index (χ1n) is 9.60.